The third-order valence-corrected chi connectivity index (χ3v) is 5.13. The highest BCUT2D eigenvalue weighted by Gasteiger charge is 2.26. The molecule has 1 unspecified atom stereocenters. The van der Waals surface area contributed by atoms with E-state index in [1.807, 2.05) is 17.2 Å². The Hall–Kier alpha value is -2.73. The van der Waals surface area contributed by atoms with Crippen LogP contribution in [0.3, 0.4) is 0 Å². The van der Waals surface area contributed by atoms with E-state index in [1.54, 1.807) is 13.0 Å². The average Bonchev–Trinajstić information content (AvgIpc) is 3.01. The number of pyridine rings is 1. The van der Waals surface area contributed by atoms with Gasteiger partial charge in [0.05, 0.1) is 5.52 Å². The monoisotopic (exact) mass is 364 g/mol. The van der Waals surface area contributed by atoms with E-state index >= 15 is 0 Å². The fourth-order valence-corrected chi connectivity index (χ4v) is 3.81. The smallest absolute Gasteiger partial charge is 0.276 e. The molecule has 3 aromatic rings. The van der Waals surface area contributed by atoms with Crippen LogP contribution in [-0.4, -0.2) is 59.1 Å². The van der Waals surface area contributed by atoms with Gasteiger partial charge >= 0.3 is 0 Å². The lowest BCUT2D eigenvalue weighted by Gasteiger charge is -2.23. The van der Waals surface area contributed by atoms with Crippen molar-refractivity contribution in [2.45, 2.75) is 13.3 Å². The Morgan fingerprint density at radius 3 is 2.93 bits per heavy atom. The van der Waals surface area contributed by atoms with Gasteiger partial charge in [0.1, 0.15) is 5.76 Å². The predicted octanol–water partition coefficient (Wildman–Crippen LogP) is 2.78. The van der Waals surface area contributed by atoms with Gasteiger partial charge in [0.15, 0.2) is 5.69 Å². The van der Waals surface area contributed by atoms with E-state index in [2.05, 4.69) is 46.4 Å². The number of carbonyl (C=O) groups is 1. The van der Waals surface area contributed by atoms with E-state index in [-0.39, 0.29) is 5.91 Å². The van der Waals surface area contributed by atoms with Crippen molar-refractivity contribution >= 4 is 16.8 Å². The summed E-state index contributed by atoms with van der Waals surface area (Å²) in [4.78, 5) is 21.4. The van der Waals surface area contributed by atoms with Gasteiger partial charge in [-0.15, -0.1) is 0 Å². The Morgan fingerprint density at radius 2 is 2.11 bits per heavy atom. The van der Waals surface area contributed by atoms with Crippen molar-refractivity contribution < 1.29 is 9.32 Å². The van der Waals surface area contributed by atoms with Gasteiger partial charge in [0, 0.05) is 43.8 Å². The van der Waals surface area contributed by atoms with Crippen molar-refractivity contribution in [1.82, 2.24) is 19.9 Å². The Kier molecular flexibility index (Phi) is 4.90. The first-order chi connectivity index (χ1) is 13.1. The van der Waals surface area contributed by atoms with Gasteiger partial charge < -0.3 is 14.3 Å². The average molecular weight is 364 g/mol. The Bertz CT molecular complexity index is 952. The molecule has 0 saturated carbocycles. The lowest BCUT2D eigenvalue weighted by atomic mass is 9.97. The zero-order valence-corrected chi connectivity index (χ0v) is 15.8. The van der Waals surface area contributed by atoms with Crippen LogP contribution in [-0.2, 0) is 6.42 Å². The number of fused-ring (bicyclic) bond motifs is 1. The van der Waals surface area contributed by atoms with Gasteiger partial charge in [-0.2, -0.15) is 0 Å². The van der Waals surface area contributed by atoms with Gasteiger partial charge in [-0.1, -0.05) is 17.3 Å². The summed E-state index contributed by atoms with van der Waals surface area (Å²) in [7, 11) is 2.12. The van der Waals surface area contributed by atoms with E-state index in [0.29, 0.717) is 23.9 Å². The second kappa shape index (κ2) is 7.48. The van der Waals surface area contributed by atoms with Crippen LogP contribution in [0, 0.1) is 12.8 Å². The minimum absolute atomic E-state index is 0.0464. The molecular weight excluding hydrogens is 340 g/mol. The third-order valence-electron chi connectivity index (χ3n) is 5.13. The standard InChI is InChI=1S/C21H24N4O2/c1-15-10-20(23-27-15)21(26)25-9-8-24(2)13-17(14-25)11-16-5-6-19-18(12-16)4-3-7-22-19/h3-7,10,12,17H,8-9,11,13-14H2,1-2H3. The molecule has 0 aliphatic carbocycles. The predicted molar refractivity (Wildman–Crippen MR) is 104 cm³/mol. The van der Waals surface area contributed by atoms with Crippen molar-refractivity contribution in [3.63, 3.8) is 0 Å². The molecule has 0 bridgehead atoms. The molecule has 0 radical (unpaired) electrons. The van der Waals surface area contributed by atoms with Crippen LogP contribution in [0.2, 0.25) is 0 Å². The fraction of sp³-hybridized carbons (Fsp3) is 0.381. The van der Waals surface area contributed by atoms with E-state index in [0.717, 1.165) is 37.0 Å². The number of amides is 1. The minimum atomic E-state index is -0.0464. The maximum atomic E-state index is 12.8. The van der Waals surface area contributed by atoms with Crippen LogP contribution < -0.4 is 0 Å². The molecule has 3 heterocycles. The Balaban J connectivity index is 1.52. The lowest BCUT2D eigenvalue weighted by Crippen LogP contribution is -2.36. The molecule has 1 aliphatic rings. The first-order valence-corrected chi connectivity index (χ1v) is 9.33. The van der Waals surface area contributed by atoms with Gasteiger partial charge in [-0.25, -0.2) is 0 Å². The molecule has 6 heteroatoms. The molecule has 4 rings (SSSR count). The van der Waals surface area contributed by atoms with Crippen molar-refractivity contribution in [2.75, 3.05) is 33.2 Å². The molecular formula is C21H24N4O2. The number of aromatic nitrogens is 2. The van der Waals surface area contributed by atoms with Crippen molar-refractivity contribution in [3.8, 4) is 0 Å². The topological polar surface area (TPSA) is 62.5 Å². The van der Waals surface area contributed by atoms with Crippen LogP contribution in [0.25, 0.3) is 10.9 Å². The van der Waals surface area contributed by atoms with Crippen LogP contribution >= 0.6 is 0 Å². The summed E-state index contributed by atoms with van der Waals surface area (Å²) in [6, 6.07) is 12.2. The maximum absolute atomic E-state index is 12.8. The number of carbonyl (C=O) groups excluding carboxylic acids is 1. The molecule has 140 valence electrons. The number of hydrogen-bond acceptors (Lipinski definition) is 5. The molecule has 6 nitrogen and oxygen atoms in total. The zero-order valence-electron chi connectivity index (χ0n) is 15.8. The summed E-state index contributed by atoms with van der Waals surface area (Å²) in [5.74, 6) is 0.977. The molecule has 2 aromatic heterocycles. The second-order valence-electron chi connectivity index (χ2n) is 7.44. The fourth-order valence-electron chi connectivity index (χ4n) is 3.81. The van der Waals surface area contributed by atoms with Crippen LogP contribution in [0.1, 0.15) is 21.8 Å². The number of rotatable bonds is 3. The Labute approximate surface area is 158 Å². The molecule has 1 saturated heterocycles. The molecule has 1 fully saturated rings. The molecule has 1 atom stereocenters. The number of likely N-dealkylation sites (N-methyl/N-ethyl adjacent to an activating group) is 1. The summed E-state index contributed by atoms with van der Waals surface area (Å²) in [6.45, 7) is 5.06. The Morgan fingerprint density at radius 1 is 1.22 bits per heavy atom. The number of benzene rings is 1. The maximum Gasteiger partial charge on any atom is 0.276 e. The van der Waals surface area contributed by atoms with Crippen molar-refractivity contribution in [3.05, 3.63) is 59.6 Å². The number of nitrogens with zero attached hydrogens (tertiary/aromatic N) is 4. The largest absolute Gasteiger partial charge is 0.361 e. The second-order valence-corrected chi connectivity index (χ2v) is 7.44. The van der Waals surface area contributed by atoms with E-state index in [9.17, 15) is 4.79 Å². The normalized spacial score (nSPS) is 18.6. The van der Waals surface area contributed by atoms with E-state index in [4.69, 9.17) is 4.52 Å². The van der Waals surface area contributed by atoms with E-state index < -0.39 is 0 Å². The number of hydrogen-bond donors (Lipinski definition) is 0. The summed E-state index contributed by atoms with van der Waals surface area (Å²) in [6.07, 6.45) is 2.74. The first kappa shape index (κ1) is 17.7. The third kappa shape index (κ3) is 4.01. The van der Waals surface area contributed by atoms with Crippen LogP contribution in [0.5, 0.6) is 0 Å². The lowest BCUT2D eigenvalue weighted by molar-refractivity contribution is 0.0736. The number of aryl methyl sites for hydroxylation is 1. The quantitative estimate of drug-likeness (QED) is 0.715. The van der Waals surface area contributed by atoms with Gasteiger partial charge in [-0.3, -0.25) is 9.78 Å². The summed E-state index contributed by atoms with van der Waals surface area (Å²) in [5.41, 5.74) is 2.69. The molecule has 1 aliphatic heterocycles. The first-order valence-electron chi connectivity index (χ1n) is 9.33. The van der Waals surface area contributed by atoms with Crippen LogP contribution in [0.4, 0.5) is 0 Å². The molecule has 27 heavy (non-hydrogen) atoms. The van der Waals surface area contributed by atoms with Gasteiger partial charge in [0.25, 0.3) is 5.91 Å². The summed E-state index contributed by atoms with van der Waals surface area (Å²) < 4.78 is 5.08. The van der Waals surface area contributed by atoms with Crippen LogP contribution in [0.15, 0.2) is 47.1 Å². The van der Waals surface area contributed by atoms with Crippen molar-refractivity contribution in [2.24, 2.45) is 5.92 Å². The highest BCUT2D eigenvalue weighted by molar-refractivity contribution is 5.92. The van der Waals surface area contributed by atoms with Gasteiger partial charge in [0.2, 0.25) is 0 Å². The highest BCUT2D eigenvalue weighted by Crippen LogP contribution is 2.20. The zero-order chi connectivity index (χ0) is 18.8. The molecule has 0 spiro atoms. The van der Waals surface area contributed by atoms with Crippen molar-refractivity contribution in [1.29, 1.82) is 0 Å². The SMILES string of the molecule is Cc1cc(C(=O)N2CCN(C)CC(Cc3ccc4ncccc4c3)C2)no1. The molecule has 1 aromatic carbocycles. The molecule has 0 N–H and O–H groups in total. The molecule has 1 amide bonds. The summed E-state index contributed by atoms with van der Waals surface area (Å²) in [5, 5.41) is 5.05. The van der Waals surface area contributed by atoms with E-state index in [1.165, 1.54) is 5.56 Å². The van der Waals surface area contributed by atoms with Gasteiger partial charge in [-0.05, 0) is 50.1 Å². The minimum Gasteiger partial charge on any atom is -0.361 e. The summed E-state index contributed by atoms with van der Waals surface area (Å²) >= 11 is 0. The highest BCUT2D eigenvalue weighted by atomic mass is 16.5.